The highest BCUT2D eigenvalue weighted by atomic mass is 79.9. The zero-order valence-electron chi connectivity index (χ0n) is 19.9. The predicted molar refractivity (Wildman–Crippen MR) is 146 cm³/mol. The van der Waals surface area contributed by atoms with E-state index >= 15 is 0 Å². The van der Waals surface area contributed by atoms with Gasteiger partial charge in [-0.15, -0.1) is 0 Å². The second-order valence-electron chi connectivity index (χ2n) is 8.60. The highest BCUT2D eigenvalue weighted by Crippen LogP contribution is 2.34. The second kappa shape index (κ2) is 9.57. The summed E-state index contributed by atoms with van der Waals surface area (Å²) in [6.07, 6.45) is 3.11. The standard InChI is InChI=1S/C28H21BrFN3O3S/c1-18-3-13-24(14-4-18)37(35,36)33-17-26(25-15-21(29)16-31-27(25)33)19-5-7-20(8-6-19)28(34)32(2)23-11-9-22(30)10-12-23/h3-17H,1-2H3. The molecular weight excluding hydrogens is 557 g/mol. The Hall–Kier alpha value is -3.82. The van der Waals surface area contributed by atoms with E-state index in [1.54, 1.807) is 68.0 Å². The molecule has 5 aromatic rings. The van der Waals surface area contributed by atoms with E-state index in [0.29, 0.717) is 32.3 Å². The Kier molecular flexibility index (Phi) is 6.43. The van der Waals surface area contributed by atoms with E-state index in [-0.39, 0.29) is 16.6 Å². The van der Waals surface area contributed by atoms with Crippen LogP contribution < -0.4 is 4.90 Å². The van der Waals surface area contributed by atoms with Gasteiger partial charge in [0.1, 0.15) is 5.82 Å². The number of pyridine rings is 1. The monoisotopic (exact) mass is 577 g/mol. The minimum absolute atomic E-state index is 0.163. The molecule has 37 heavy (non-hydrogen) atoms. The van der Waals surface area contributed by atoms with Gasteiger partial charge in [-0.05, 0) is 83.0 Å². The Balaban J connectivity index is 1.54. The van der Waals surface area contributed by atoms with Gasteiger partial charge in [0, 0.05) is 46.1 Å². The van der Waals surface area contributed by atoms with Crippen molar-refractivity contribution in [3.8, 4) is 11.1 Å². The first-order valence-corrected chi connectivity index (χ1v) is 13.5. The molecule has 186 valence electrons. The Morgan fingerprint density at radius 2 is 1.62 bits per heavy atom. The molecule has 0 N–H and O–H groups in total. The van der Waals surface area contributed by atoms with E-state index < -0.39 is 10.0 Å². The van der Waals surface area contributed by atoms with Gasteiger partial charge in [0.15, 0.2) is 5.65 Å². The van der Waals surface area contributed by atoms with Crippen LogP contribution in [0.2, 0.25) is 0 Å². The third-order valence-corrected chi connectivity index (χ3v) is 8.22. The number of fused-ring (bicyclic) bond motifs is 1. The number of hydrogen-bond donors (Lipinski definition) is 0. The summed E-state index contributed by atoms with van der Waals surface area (Å²) in [5, 5.41) is 0.646. The summed E-state index contributed by atoms with van der Waals surface area (Å²) in [6.45, 7) is 1.89. The Morgan fingerprint density at radius 3 is 2.27 bits per heavy atom. The van der Waals surface area contributed by atoms with Crippen LogP contribution in [0.5, 0.6) is 0 Å². The van der Waals surface area contributed by atoms with Crippen LogP contribution >= 0.6 is 15.9 Å². The average molecular weight is 578 g/mol. The summed E-state index contributed by atoms with van der Waals surface area (Å²) >= 11 is 3.43. The van der Waals surface area contributed by atoms with Crippen LogP contribution in [0.3, 0.4) is 0 Å². The number of rotatable bonds is 5. The third-order valence-electron chi connectivity index (χ3n) is 6.12. The van der Waals surface area contributed by atoms with Crippen LogP contribution in [0, 0.1) is 12.7 Å². The summed E-state index contributed by atoms with van der Waals surface area (Å²) in [5.41, 5.74) is 3.64. The minimum atomic E-state index is -3.90. The van der Waals surface area contributed by atoms with E-state index in [2.05, 4.69) is 20.9 Å². The maximum atomic E-state index is 13.5. The molecule has 0 bridgehead atoms. The van der Waals surface area contributed by atoms with Crippen molar-refractivity contribution in [1.82, 2.24) is 8.96 Å². The van der Waals surface area contributed by atoms with Crippen LogP contribution in [0.1, 0.15) is 15.9 Å². The lowest BCUT2D eigenvalue weighted by molar-refractivity contribution is 0.0993. The number of hydrogen-bond acceptors (Lipinski definition) is 4. The second-order valence-corrected chi connectivity index (χ2v) is 11.3. The number of nitrogens with zero attached hydrogens (tertiary/aromatic N) is 3. The first kappa shape index (κ1) is 24.9. The quantitative estimate of drug-likeness (QED) is 0.241. The molecule has 0 saturated carbocycles. The Bertz CT molecular complexity index is 1730. The maximum absolute atomic E-state index is 13.5. The fourth-order valence-electron chi connectivity index (χ4n) is 4.06. The van der Waals surface area contributed by atoms with E-state index in [9.17, 15) is 17.6 Å². The highest BCUT2D eigenvalue weighted by molar-refractivity contribution is 9.10. The highest BCUT2D eigenvalue weighted by Gasteiger charge is 2.23. The molecule has 0 fully saturated rings. The number of aromatic nitrogens is 2. The van der Waals surface area contributed by atoms with Crippen molar-refractivity contribution in [3.05, 3.63) is 113 Å². The van der Waals surface area contributed by atoms with Gasteiger partial charge in [-0.2, -0.15) is 0 Å². The fourth-order valence-corrected chi connectivity index (χ4v) is 5.71. The topological polar surface area (TPSA) is 72.3 Å². The fraction of sp³-hybridized carbons (Fsp3) is 0.0714. The number of anilines is 1. The molecule has 2 heterocycles. The molecule has 0 atom stereocenters. The lowest BCUT2D eigenvalue weighted by atomic mass is 10.0. The zero-order valence-corrected chi connectivity index (χ0v) is 22.3. The molecule has 0 unspecified atom stereocenters. The van der Waals surface area contributed by atoms with Crippen molar-refractivity contribution < 1.29 is 17.6 Å². The van der Waals surface area contributed by atoms with Crippen molar-refractivity contribution in [2.75, 3.05) is 11.9 Å². The van der Waals surface area contributed by atoms with E-state index in [1.165, 1.54) is 33.1 Å². The lowest BCUT2D eigenvalue weighted by Crippen LogP contribution is -2.26. The molecule has 0 aliphatic heterocycles. The van der Waals surface area contributed by atoms with Crippen LogP contribution in [0.4, 0.5) is 10.1 Å². The number of carbonyl (C=O) groups excluding carboxylic acids is 1. The average Bonchev–Trinajstić information content (AvgIpc) is 3.28. The summed E-state index contributed by atoms with van der Waals surface area (Å²) in [4.78, 5) is 19.0. The summed E-state index contributed by atoms with van der Waals surface area (Å²) in [5.74, 6) is -0.634. The molecule has 1 amide bonds. The van der Waals surface area contributed by atoms with Crippen LogP contribution in [-0.2, 0) is 10.0 Å². The maximum Gasteiger partial charge on any atom is 0.269 e. The first-order valence-electron chi connectivity index (χ1n) is 11.3. The summed E-state index contributed by atoms with van der Waals surface area (Å²) in [7, 11) is -2.28. The molecule has 0 radical (unpaired) electrons. The normalized spacial score (nSPS) is 11.6. The van der Waals surface area contributed by atoms with E-state index in [1.807, 2.05) is 13.0 Å². The number of benzene rings is 3. The van der Waals surface area contributed by atoms with Gasteiger partial charge in [-0.3, -0.25) is 4.79 Å². The molecule has 9 heteroatoms. The van der Waals surface area contributed by atoms with Gasteiger partial charge in [-0.25, -0.2) is 21.8 Å². The Labute approximate surface area is 222 Å². The van der Waals surface area contributed by atoms with Gasteiger partial charge < -0.3 is 4.90 Å². The van der Waals surface area contributed by atoms with Crippen LogP contribution in [0.15, 0.2) is 101 Å². The molecule has 0 aliphatic rings. The van der Waals surface area contributed by atoms with Gasteiger partial charge in [0.2, 0.25) is 0 Å². The minimum Gasteiger partial charge on any atom is -0.311 e. The molecule has 2 aromatic heterocycles. The summed E-state index contributed by atoms with van der Waals surface area (Å²) < 4.78 is 42.2. The van der Waals surface area contributed by atoms with Crippen LogP contribution in [0.25, 0.3) is 22.2 Å². The number of carbonyl (C=O) groups is 1. The third kappa shape index (κ3) is 4.68. The smallest absolute Gasteiger partial charge is 0.269 e. The van der Waals surface area contributed by atoms with Gasteiger partial charge in [0.25, 0.3) is 15.9 Å². The largest absolute Gasteiger partial charge is 0.311 e. The van der Waals surface area contributed by atoms with Crippen molar-refractivity contribution in [1.29, 1.82) is 0 Å². The molecule has 0 aliphatic carbocycles. The number of aryl methyl sites for hydroxylation is 1. The number of halogens is 2. The van der Waals surface area contributed by atoms with E-state index in [4.69, 9.17) is 0 Å². The van der Waals surface area contributed by atoms with Crippen molar-refractivity contribution in [3.63, 3.8) is 0 Å². The van der Waals surface area contributed by atoms with Crippen LogP contribution in [-0.4, -0.2) is 30.3 Å². The van der Waals surface area contributed by atoms with Crippen molar-refractivity contribution >= 4 is 48.6 Å². The molecule has 0 saturated heterocycles. The van der Waals surface area contributed by atoms with Gasteiger partial charge in [-0.1, -0.05) is 29.8 Å². The van der Waals surface area contributed by atoms with Crippen molar-refractivity contribution in [2.45, 2.75) is 11.8 Å². The Morgan fingerprint density at radius 1 is 0.973 bits per heavy atom. The molecule has 6 nitrogen and oxygen atoms in total. The zero-order chi connectivity index (χ0) is 26.3. The molecule has 3 aromatic carbocycles. The first-order chi connectivity index (χ1) is 17.6. The van der Waals surface area contributed by atoms with E-state index in [0.717, 1.165) is 11.1 Å². The SMILES string of the molecule is Cc1ccc(S(=O)(=O)n2cc(-c3ccc(C(=O)N(C)c4ccc(F)cc4)cc3)c3cc(Br)cnc32)cc1. The molecule has 5 rings (SSSR count). The molecular formula is C28H21BrFN3O3S. The van der Waals surface area contributed by atoms with Crippen molar-refractivity contribution in [2.24, 2.45) is 0 Å². The number of amides is 1. The van der Waals surface area contributed by atoms with Gasteiger partial charge in [0.05, 0.1) is 4.90 Å². The molecule has 0 spiro atoms. The predicted octanol–water partition coefficient (Wildman–Crippen LogP) is 6.43. The lowest BCUT2D eigenvalue weighted by Gasteiger charge is -2.17. The summed E-state index contributed by atoms with van der Waals surface area (Å²) in [6, 6.07) is 21.1. The van der Waals surface area contributed by atoms with Gasteiger partial charge >= 0.3 is 0 Å².